The van der Waals surface area contributed by atoms with Gasteiger partial charge in [-0.2, -0.15) is 0 Å². The van der Waals surface area contributed by atoms with Gasteiger partial charge in [-0.15, -0.1) is 0 Å². The predicted octanol–water partition coefficient (Wildman–Crippen LogP) is 2.15. The Bertz CT molecular complexity index is 430. The summed E-state index contributed by atoms with van der Waals surface area (Å²) in [6.45, 7) is 2.99. The van der Waals surface area contributed by atoms with Crippen molar-refractivity contribution < 1.29 is 13.6 Å². The van der Waals surface area contributed by atoms with E-state index in [1.54, 1.807) is 0 Å². The van der Waals surface area contributed by atoms with Crippen molar-refractivity contribution in [1.82, 2.24) is 5.32 Å². The lowest BCUT2D eigenvalue weighted by Crippen LogP contribution is -2.30. The predicted molar refractivity (Wildman–Crippen MR) is 65.1 cm³/mol. The van der Waals surface area contributed by atoms with E-state index in [0.29, 0.717) is 11.8 Å². The Morgan fingerprint density at radius 2 is 2.00 bits per heavy atom. The summed E-state index contributed by atoms with van der Waals surface area (Å²) in [7, 11) is 0. The van der Waals surface area contributed by atoms with Crippen molar-refractivity contribution in [2.45, 2.75) is 13.3 Å². The molecule has 0 spiro atoms. The van der Waals surface area contributed by atoms with Gasteiger partial charge in [-0.05, 0) is 36.9 Å². The fraction of sp³-hybridized carbons (Fsp3) is 0.462. The maximum atomic E-state index is 13.2. The summed E-state index contributed by atoms with van der Waals surface area (Å²) in [5, 5.41) is 5.21. The highest BCUT2D eigenvalue weighted by molar-refractivity contribution is 5.92. The molecule has 5 heteroatoms. The van der Waals surface area contributed by atoms with E-state index in [0.717, 1.165) is 18.7 Å². The fourth-order valence-corrected chi connectivity index (χ4v) is 1.86. The van der Waals surface area contributed by atoms with Gasteiger partial charge in [0.15, 0.2) is 0 Å². The van der Waals surface area contributed by atoms with Crippen molar-refractivity contribution in [3.8, 4) is 0 Å². The number of anilines is 1. The molecule has 0 aliphatic heterocycles. The highest BCUT2D eigenvalue weighted by Crippen LogP contribution is 2.36. The second-order valence-electron chi connectivity index (χ2n) is 4.75. The average molecular weight is 254 g/mol. The topological polar surface area (TPSA) is 41.1 Å². The maximum absolute atomic E-state index is 13.2. The van der Waals surface area contributed by atoms with Gasteiger partial charge in [-0.3, -0.25) is 4.79 Å². The number of para-hydroxylation sites is 1. The molecule has 0 heterocycles. The van der Waals surface area contributed by atoms with Crippen LogP contribution in [0.5, 0.6) is 0 Å². The third-order valence-corrected chi connectivity index (χ3v) is 3.20. The molecule has 0 saturated heterocycles. The minimum atomic E-state index is -0.765. The van der Waals surface area contributed by atoms with Crippen LogP contribution in [0.25, 0.3) is 0 Å². The first-order chi connectivity index (χ1) is 8.58. The molecule has 1 amide bonds. The zero-order chi connectivity index (χ0) is 13.1. The first-order valence-electron chi connectivity index (χ1n) is 6.02. The Hall–Kier alpha value is -1.49. The number of carbonyl (C=O) groups excluding carboxylic acids is 1. The number of hydrogen-bond donors (Lipinski definition) is 2. The average Bonchev–Trinajstić information content (AvgIpc) is 3.00. The van der Waals surface area contributed by atoms with Crippen LogP contribution in [0.2, 0.25) is 0 Å². The fourth-order valence-electron chi connectivity index (χ4n) is 1.86. The molecule has 0 aromatic heterocycles. The summed E-state index contributed by atoms with van der Waals surface area (Å²) < 4.78 is 26.5. The normalized spacial score (nSPS) is 21.7. The molecule has 1 saturated carbocycles. The van der Waals surface area contributed by atoms with Crippen molar-refractivity contribution in [2.24, 2.45) is 11.8 Å². The Labute approximate surface area is 105 Å². The third-order valence-electron chi connectivity index (χ3n) is 3.20. The molecule has 0 radical (unpaired) electrons. The minimum Gasteiger partial charge on any atom is -0.320 e. The second-order valence-corrected chi connectivity index (χ2v) is 4.75. The summed E-state index contributed by atoms with van der Waals surface area (Å²) in [5.41, 5.74) is -0.385. The zero-order valence-electron chi connectivity index (χ0n) is 10.2. The molecule has 2 rings (SSSR count). The molecule has 0 bridgehead atoms. The highest BCUT2D eigenvalue weighted by Gasteiger charge is 2.31. The van der Waals surface area contributed by atoms with E-state index in [4.69, 9.17) is 0 Å². The molecular formula is C13H16F2N2O. The van der Waals surface area contributed by atoms with E-state index in [9.17, 15) is 13.6 Å². The van der Waals surface area contributed by atoms with Crippen molar-refractivity contribution in [3.63, 3.8) is 0 Å². The Kier molecular flexibility index (Phi) is 3.91. The lowest BCUT2D eigenvalue weighted by atomic mass is 10.3. The minimum absolute atomic E-state index is 0.0665. The van der Waals surface area contributed by atoms with Gasteiger partial charge in [-0.25, -0.2) is 8.78 Å². The van der Waals surface area contributed by atoms with Gasteiger partial charge in [0.2, 0.25) is 5.91 Å². The summed E-state index contributed by atoms with van der Waals surface area (Å²) in [4.78, 5) is 11.5. The van der Waals surface area contributed by atoms with E-state index in [1.807, 2.05) is 0 Å². The monoisotopic (exact) mass is 254 g/mol. The molecule has 1 aliphatic carbocycles. The third kappa shape index (κ3) is 3.26. The van der Waals surface area contributed by atoms with E-state index in [1.165, 1.54) is 12.5 Å². The summed E-state index contributed by atoms with van der Waals surface area (Å²) >= 11 is 0. The Balaban J connectivity index is 1.79. The number of nitrogens with one attached hydrogen (secondary N) is 2. The van der Waals surface area contributed by atoms with Gasteiger partial charge in [-0.1, -0.05) is 13.0 Å². The molecule has 1 aliphatic rings. The van der Waals surface area contributed by atoms with Gasteiger partial charge >= 0.3 is 0 Å². The number of amides is 1. The number of rotatable bonds is 5. The molecule has 2 unspecified atom stereocenters. The van der Waals surface area contributed by atoms with Crippen molar-refractivity contribution in [2.75, 3.05) is 18.4 Å². The van der Waals surface area contributed by atoms with Crippen molar-refractivity contribution in [3.05, 3.63) is 29.8 Å². The lowest BCUT2D eigenvalue weighted by Gasteiger charge is -2.08. The first-order valence-corrected chi connectivity index (χ1v) is 6.02. The molecule has 2 atom stereocenters. The van der Waals surface area contributed by atoms with E-state index in [-0.39, 0.29) is 12.2 Å². The van der Waals surface area contributed by atoms with E-state index in [2.05, 4.69) is 17.6 Å². The van der Waals surface area contributed by atoms with Crippen LogP contribution in [0, 0.1) is 23.5 Å². The van der Waals surface area contributed by atoms with Crippen LogP contribution in [0.4, 0.5) is 14.5 Å². The molecule has 1 aromatic rings. The van der Waals surface area contributed by atoms with Crippen molar-refractivity contribution in [1.29, 1.82) is 0 Å². The van der Waals surface area contributed by atoms with Crippen LogP contribution in [-0.4, -0.2) is 19.0 Å². The van der Waals surface area contributed by atoms with Gasteiger partial charge < -0.3 is 10.6 Å². The smallest absolute Gasteiger partial charge is 0.238 e. The van der Waals surface area contributed by atoms with Gasteiger partial charge in [0.1, 0.15) is 17.3 Å². The molecular weight excluding hydrogens is 238 g/mol. The number of carbonyl (C=O) groups is 1. The summed E-state index contributed by atoms with van der Waals surface area (Å²) in [6, 6.07) is 3.48. The summed E-state index contributed by atoms with van der Waals surface area (Å²) in [6.07, 6.45) is 1.18. The van der Waals surface area contributed by atoms with Crippen LogP contribution >= 0.6 is 0 Å². The quantitative estimate of drug-likeness (QED) is 0.845. The largest absolute Gasteiger partial charge is 0.320 e. The Morgan fingerprint density at radius 1 is 1.39 bits per heavy atom. The van der Waals surface area contributed by atoms with Crippen LogP contribution in [0.1, 0.15) is 13.3 Å². The molecule has 3 nitrogen and oxygen atoms in total. The van der Waals surface area contributed by atoms with Crippen LogP contribution in [0.3, 0.4) is 0 Å². The van der Waals surface area contributed by atoms with Crippen LogP contribution < -0.4 is 10.6 Å². The van der Waals surface area contributed by atoms with E-state index < -0.39 is 17.5 Å². The number of halogens is 2. The van der Waals surface area contributed by atoms with E-state index >= 15 is 0 Å². The summed E-state index contributed by atoms with van der Waals surface area (Å²) in [5.74, 6) is -0.627. The zero-order valence-corrected chi connectivity index (χ0v) is 10.2. The SMILES string of the molecule is CC1CC1CNCC(=O)Nc1c(F)cccc1F. The number of hydrogen-bond acceptors (Lipinski definition) is 2. The van der Waals surface area contributed by atoms with Crippen LogP contribution in [0.15, 0.2) is 18.2 Å². The molecule has 1 aromatic carbocycles. The van der Waals surface area contributed by atoms with Gasteiger partial charge in [0, 0.05) is 0 Å². The Morgan fingerprint density at radius 3 is 2.56 bits per heavy atom. The lowest BCUT2D eigenvalue weighted by molar-refractivity contribution is -0.115. The second kappa shape index (κ2) is 5.44. The maximum Gasteiger partial charge on any atom is 0.238 e. The molecule has 2 N–H and O–H groups in total. The molecule has 18 heavy (non-hydrogen) atoms. The van der Waals surface area contributed by atoms with Crippen LogP contribution in [-0.2, 0) is 4.79 Å². The van der Waals surface area contributed by atoms with Crippen molar-refractivity contribution >= 4 is 11.6 Å². The number of benzene rings is 1. The molecule has 1 fully saturated rings. The highest BCUT2D eigenvalue weighted by atomic mass is 19.1. The molecule has 98 valence electrons. The first kappa shape index (κ1) is 13.0. The van der Waals surface area contributed by atoms with Gasteiger partial charge in [0.25, 0.3) is 0 Å². The van der Waals surface area contributed by atoms with Gasteiger partial charge in [0.05, 0.1) is 6.54 Å². The standard InChI is InChI=1S/C13H16F2N2O/c1-8-5-9(8)6-16-7-12(18)17-13-10(14)3-2-4-11(13)15/h2-4,8-9,16H,5-7H2,1H3,(H,17,18).